The third-order valence-corrected chi connectivity index (χ3v) is 1.54. The molecule has 0 rings (SSSR count). The molecule has 0 amide bonds. The minimum absolute atomic E-state index is 0. The SMILES string of the molecule is C[N+](C)(C)CCO.C[N+](C)(C)CCO.O=[Si]([O-])[O-].[H-].[H-].[Na+].[Na+]. The van der Waals surface area contributed by atoms with E-state index in [0.29, 0.717) is 0 Å². The van der Waals surface area contributed by atoms with Gasteiger partial charge in [0, 0.05) is 9.17 Å². The third-order valence-electron chi connectivity index (χ3n) is 1.54. The molecular weight excluding hydrogens is 302 g/mol. The Kier molecular flexibility index (Phi) is 30.7. The van der Waals surface area contributed by atoms with Crippen molar-refractivity contribution >= 4 is 9.17 Å². The van der Waals surface area contributed by atoms with Crippen molar-refractivity contribution in [1.29, 1.82) is 0 Å². The molecule has 0 aliphatic rings. The van der Waals surface area contributed by atoms with Gasteiger partial charge < -0.3 is 36.1 Å². The molecule has 0 atom stereocenters. The van der Waals surface area contributed by atoms with Crippen LogP contribution in [0.1, 0.15) is 2.85 Å². The first kappa shape index (κ1) is 33.2. The Morgan fingerprint density at radius 3 is 1.00 bits per heavy atom. The van der Waals surface area contributed by atoms with E-state index < -0.39 is 9.17 Å². The Labute approximate surface area is 171 Å². The molecule has 0 aromatic heterocycles. The predicted molar refractivity (Wildman–Crippen MR) is 68.6 cm³/mol. The van der Waals surface area contributed by atoms with Gasteiger partial charge in [-0.2, -0.15) is 0 Å². The normalized spacial score (nSPS) is 9.60. The molecule has 10 heteroatoms. The van der Waals surface area contributed by atoms with Gasteiger partial charge in [0.25, 0.3) is 0 Å². The van der Waals surface area contributed by atoms with Crippen LogP contribution in [0.15, 0.2) is 0 Å². The van der Waals surface area contributed by atoms with Crippen LogP contribution in [0.2, 0.25) is 0 Å². The van der Waals surface area contributed by atoms with E-state index in [1.54, 1.807) is 0 Å². The summed E-state index contributed by atoms with van der Waals surface area (Å²) in [7, 11) is 8.68. The topological polar surface area (TPSA) is 104 Å². The summed E-state index contributed by atoms with van der Waals surface area (Å²) in [6.07, 6.45) is 0. The standard InChI is InChI=1S/2C5H14NO.2Na.O3Si.2H/c2*1-6(2,3)4-5-7;;;1-4(2)3;;/h2*7H,4-5H2,1-3H3;;;;;/q4*+1;-2;2*-1. The number of aliphatic hydroxyl groups is 2. The molecule has 0 radical (unpaired) electrons. The molecule has 0 aromatic rings. The zero-order chi connectivity index (χ0) is 15.4. The van der Waals surface area contributed by atoms with Gasteiger partial charge in [0.05, 0.1) is 55.5 Å². The van der Waals surface area contributed by atoms with Crippen LogP contribution < -0.4 is 68.7 Å². The molecule has 2 N–H and O–H groups in total. The molecule has 0 saturated carbocycles. The molecule has 0 unspecified atom stereocenters. The first-order valence-corrected chi connectivity index (χ1v) is 6.79. The van der Waals surface area contributed by atoms with Crippen LogP contribution in [0.4, 0.5) is 0 Å². The van der Waals surface area contributed by atoms with Crippen molar-refractivity contribution in [3.8, 4) is 0 Å². The molecule has 0 heterocycles. The quantitative estimate of drug-likeness (QED) is 0.393. The van der Waals surface area contributed by atoms with E-state index in [1.807, 2.05) is 0 Å². The first-order chi connectivity index (χ1) is 7.85. The zero-order valence-electron chi connectivity index (χ0n) is 16.3. The van der Waals surface area contributed by atoms with Crippen molar-refractivity contribution < 1.29 is 95.2 Å². The Morgan fingerprint density at radius 2 is 1.00 bits per heavy atom. The van der Waals surface area contributed by atoms with E-state index in [0.717, 1.165) is 22.1 Å². The van der Waals surface area contributed by atoms with Crippen molar-refractivity contribution in [3.63, 3.8) is 0 Å². The van der Waals surface area contributed by atoms with Crippen LogP contribution in [0.25, 0.3) is 0 Å². The Hall–Kier alpha value is 1.46. The minimum Gasteiger partial charge on any atom is -1.00 e. The predicted octanol–water partition coefficient (Wildman–Crippen LogP) is -9.27. The minimum atomic E-state index is -3.63. The number of quaternary nitrogens is 2. The van der Waals surface area contributed by atoms with E-state index in [-0.39, 0.29) is 75.2 Å². The van der Waals surface area contributed by atoms with Crippen LogP contribution in [-0.2, 0) is 4.46 Å². The summed E-state index contributed by atoms with van der Waals surface area (Å²) in [5.74, 6) is 0. The molecule has 0 bridgehead atoms. The van der Waals surface area contributed by atoms with Crippen LogP contribution in [0.3, 0.4) is 0 Å². The van der Waals surface area contributed by atoms with Crippen LogP contribution in [-0.4, -0.2) is 96.9 Å². The van der Waals surface area contributed by atoms with E-state index in [1.165, 1.54) is 0 Å². The molecule has 20 heavy (non-hydrogen) atoms. The largest absolute Gasteiger partial charge is 1.00 e. The fourth-order valence-corrected chi connectivity index (χ4v) is 0.600. The van der Waals surface area contributed by atoms with Crippen molar-refractivity contribution in [2.45, 2.75) is 0 Å². The van der Waals surface area contributed by atoms with Crippen LogP contribution >= 0.6 is 0 Å². The summed E-state index contributed by atoms with van der Waals surface area (Å²) < 4.78 is 10.2. The van der Waals surface area contributed by atoms with Gasteiger partial charge in [0.15, 0.2) is 0 Å². The molecule has 0 fully saturated rings. The second-order valence-corrected chi connectivity index (χ2v) is 6.23. The molecular formula is C10H30N2Na2O5Si. The summed E-state index contributed by atoms with van der Waals surface area (Å²) >= 11 is 0. The van der Waals surface area contributed by atoms with Crippen LogP contribution in [0.5, 0.6) is 0 Å². The van der Waals surface area contributed by atoms with Crippen LogP contribution in [0, 0.1) is 0 Å². The smallest absolute Gasteiger partial charge is 1.00 e. The van der Waals surface area contributed by atoms with Crippen molar-refractivity contribution in [2.24, 2.45) is 0 Å². The average molecular weight is 332 g/mol. The number of likely N-dealkylation sites (N-methyl/N-ethyl adjacent to an activating group) is 2. The third kappa shape index (κ3) is 74.1. The van der Waals surface area contributed by atoms with E-state index in [4.69, 9.17) is 24.3 Å². The number of hydrogen-bond acceptors (Lipinski definition) is 5. The maximum absolute atomic E-state index is 8.52. The maximum atomic E-state index is 8.52. The summed E-state index contributed by atoms with van der Waals surface area (Å²) in [6.45, 7) is 2.23. The average Bonchev–Trinajstić information content (AvgIpc) is 1.97. The fraction of sp³-hybridized carbons (Fsp3) is 1.00. The Bertz CT molecular complexity index is 200. The van der Waals surface area contributed by atoms with Crippen molar-refractivity contribution in [1.82, 2.24) is 0 Å². The van der Waals surface area contributed by atoms with Gasteiger partial charge in [-0.25, -0.2) is 0 Å². The Morgan fingerprint density at radius 1 is 0.850 bits per heavy atom. The van der Waals surface area contributed by atoms with Crippen molar-refractivity contribution in [2.75, 3.05) is 68.6 Å². The molecule has 0 aliphatic heterocycles. The summed E-state index contributed by atoms with van der Waals surface area (Å²) in [6, 6.07) is 0. The monoisotopic (exact) mass is 332 g/mol. The van der Waals surface area contributed by atoms with Gasteiger partial charge >= 0.3 is 59.1 Å². The molecule has 7 nitrogen and oxygen atoms in total. The first-order valence-electron chi connectivity index (χ1n) is 5.56. The molecule has 0 aromatic carbocycles. The Balaban J connectivity index is -0.0000000290. The summed E-state index contributed by atoms with van der Waals surface area (Å²) in [4.78, 5) is 17.0. The van der Waals surface area contributed by atoms with Gasteiger partial charge in [-0.1, -0.05) is 0 Å². The van der Waals surface area contributed by atoms with Gasteiger partial charge in [-0.3, -0.25) is 0 Å². The number of nitrogens with zero attached hydrogens (tertiary/aromatic N) is 2. The second kappa shape index (κ2) is 18.5. The second-order valence-electron chi connectivity index (χ2n) is 5.73. The molecule has 0 spiro atoms. The molecule has 116 valence electrons. The number of rotatable bonds is 4. The van der Waals surface area contributed by atoms with E-state index in [2.05, 4.69) is 42.3 Å². The molecule has 0 saturated heterocycles. The maximum Gasteiger partial charge on any atom is 1.00 e. The zero-order valence-corrected chi connectivity index (χ0v) is 19.3. The van der Waals surface area contributed by atoms with E-state index >= 15 is 0 Å². The van der Waals surface area contributed by atoms with E-state index in [9.17, 15) is 0 Å². The van der Waals surface area contributed by atoms with Gasteiger partial charge in [0.1, 0.15) is 13.1 Å². The summed E-state index contributed by atoms with van der Waals surface area (Å²) in [5.41, 5.74) is 0. The van der Waals surface area contributed by atoms with Crippen molar-refractivity contribution in [3.05, 3.63) is 0 Å². The fourth-order valence-electron chi connectivity index (χ4n) is 0.600. The van der Waals surface area contributed by atoms with Gasteiger partial charge in [-0.05, 0) is 0 Å². The number of aliphatic hydroxyl groups excluding tert-OH is 2. The summed E-state index contributed by atoms with van der Waals surface area (Å²) in [5, 5.41) is 16.8. The molecule has 0 aliphatic carbocycles. The van der Waals surface area contributed by atoms with Gasteiger partial charge in [-0.15, -0.1) is 0 Å². The number of hydrogen-bond donors (Lipinski definition) is 2. The van der Waals surface area contributed by atoms with Gasteiger partial charge in [0.2, 0.25) is 0 Å².